The van der Waals surface area contributed by atoms with E-state index in [1.807, 2.05) is 42.5 Å². The molecule has 3 rings (SSSR count). The molecule has 1 unspecified atom stereocenters. The molecule has 0 bridgehead atoms. The molecular formula is C21H21N3O3. The Morgan fingerprint density at radius 2 is 1.93 bits per heavy atom. The number of benzene rings is 2. The third kappa shape index (κ3) is 4.09. The van der Waals surface area contributed by atoms with Gasteiger partial charge in [-0.05, 0) is 17.7 Å². The molecule has 0 spiro atoms. The molecule has 0 N–H and O–H groups in total. The van der Waals surface area contributed by atoms with Crippen molar-refractivity contribution in [3.63, 3.8) is 0 Å². The Balaban J connectivity index is 1.76. The quantitative estimate of drug-likeness (QED) is 0.740. The molecule has 1 heterocycles. The van der Waals surface area contributed by atoms with Crippen LogP contribution in [0.2, 0.25) is 0 Å². The lowest BCUT2D eigenvalue weighted by molar-refractivity contribution is -0.135. The number of rotatable bonds is 6. The van der Waals surface area contributed by atoms with Gasteiger partial charge in [0.1, 0.15) is 12.3 Å². The first-order valence-electron chi connectivity index (χ1n) is 8.77. The van der Waals surface area contributed by atoms with Crippen molar-refractivity contribution in [1.29, 1.82) is 5.26 Å². The van der Waals surface area contributed by atoms with Crippen molar-refractivity contribution in [2.45, 2.75) is 13.0 Å². The van der Waals surface area contributed by atoms with E-state index in [9.17, 15) is 9.59 Å². The number of hydrogen-bond acceptors (Lipinski definition) is 4. The minimum absolute atomic E-state index is 0.00687. The highest BCUT2D eigenvalue weighted by Gasteiger charge is 2.38. The van der Waals surface area contributed by atoms with Crippen LogP contribution in [0.5, 0.6) is 5.75 Å². The van der Waals surface area contributed by atoms with E-state index in [1.165, 1.54) is 4.90 Å². The number of methoxy groups -OCH3 is 1. The third-order valence-electron chi connectivity index (χ3n) is 4.64. The number of nitrogens with zero attached hydrogens (tertiary/aromatic N) is 3. The summed E-state index contributed by atoms with van der Waals surface area (Å²) < 4.78 is 5.33. The van der Waals surface area contributed by atoms with Crippen LogP contribution < -0.4 is 9.64 Å². The van der Waals surface area contributed by atoms with Gasteiger partial charge in [0.25, 0.3) is 0 Å². The number of anilines is 1. The van der Waals surface area contributed by atoms with Gasteiger partial charge >= 0.3 is 0 Å². The van der Waals surface area contributed by atoms with Crippen molar-refractivity contribution in [3.05, 3.63) is 60.2 Å². The summed E-state index contributed by atoms with van der Waals surface area (Å²) in [7, 11) is 1.55. The van der Waals surface area contributed by atoms with Crippen LogP contribution in [0.1, 0.15) is 12.0 Å². The topological polar surface area (TPSA) is 73.6 Å². The number of ether oxygens (including phenoxy) is 1. The molecule has 1 saturated heterocycles. The molecule has 6 nitrogen and oxygen atoms in total. The summed E-state index contributed by atoms with van der Waals surface area (Å²) in [5.41, 5.74) is 1.61. The van der Waals surface area contributed by atoms with E-state index in [-0.39, 0.29) is 31.3 Å². The monoisotopic (exact) mass is 363 g/mol. The summed E-state index contributed by atoms with van der Waals surface area (Å²) in [6.07, 6.45) is 0.133. The zero-order valence-corrected chi connectivity index (χ0v) is 15.2. The molecule has 2 aromatic carbocycles. The number of nitriles is 1. The molecule has 1 atom stereocenters. The van der Waals surface area contributed by atoms with Gasteiger partial charge in [-0.15, -0.1) is 0 Å². The SMILES string of the molecule is COc1ccccc1N1CC(C(=O)N(CC#N)Cc2ccccc2)CC1=O. The van der Waals surface area contributed by atoms with Gasteiger partial charge in [0, 0.05) is 19.5 Å². The highest BCUT2D eigenvalue weighted by molar-refractivity contribution is 6.01. The van der Waals surface area contributed by atoms with Gasteiger partial charge in [-0.2, -0.15) is 5.26 Å². The van der Waals surface area contributed by atoms with Gasteiger partial charge in [0.2, 0.25) is 11.8 Å². The molecule has 1 fully saturated rings. The summed E-state index contributed by atoms with van der Waals surface area (Å²) in [6.45, 7) is 0.633. The summed E-state index contributed by atoms with van der Waals surface area (Å²) in [4.78, 5) is 28.6. The number of para-hydroxylation sites is 2. The summed E-state index contributed by atoms with van der Waals surface area (Å²) in [5, 5.41) is 9.12. The minimum Gasteiger partial charge on any atom is -0.495 e. The summed E-state index contributed by atoms with van der Waals surface area (Å²) in [6, 6.07) is 18.8. The van der Waals surface area contributed by atoms with Gasteiger partial charge in [-0.3, -0.25) is 9.59 Å². The smallest absolute Gasteiger partial charge is 0.229 e. The van der Waals surface area contributed by atoms with E-state index in [1.54, 1.807) is 24.1 Å². The van der Waals surface area contributed by atoms with Gasteiger partial charge in [0.05, 0.1) is 24.8 Å². The Kier molecular flexibility index (Phi) is 5.72. The number of hydrogen-bond donors (Lipinski definition) is 0. The molecule has 0 aliphatic carbocycles. The van der Waals surface area contributed by atoms with Crippen LogP contribution in [0, 0.1) is 17.2 Å². The molecule has 2 amide bonds. The third-order valence-corrected chi connectivity index (χ3v) is 4.64. The lowest BCUT2D eigenvalue weighted by atomic mass is 10.1. The van der Waals surface area contributed by atoms with E-state index in [0.717, 1.165) is 5.56 Å². The first-order chi connectivity index (χ1) is 13.1. The standard InChI is InChI=1S/C21H21N3O3/c1-27-19-10-6-5-9-18(19)24-15-17(13-20(24)25)21(26)23(12-11-22)14-16-7-3-2-4-8-16/h2-10,17H,12-15H2,1H3. The molecular weight excluding hydrogens is 342 g/mol. The highest BCUT2D eigenvalue weighted by Crippen LogP contribution is 2.33. The Bertz CT molecular complexity index is 860. The fourth-order valence-electron chi connectivity index (χ4n) is 3.32. The molecule has 0 aromatic heterocycles. The van der Waals surface area contributed by atoms with Crippen LogP contribution in [0.4, 0.5) is 5.69 Å². The number of amides is 2. The van der Waals surface area contributed by atoms with Crippen molar-refractivity contribution in [2.24, 2.45) is 5.92 Å². The molecule has 6 heteroatoms. The Labute approximate surface area is 158 Å². The van der Waals surface area contributed by atoms with Gasteiger partial charge in [0.15, 0.2) is 0 Å². The van der Waals surface area contributed by atoms with Crippen LogP contribution in [-0.4, -0.2) is 36.9 Å². The minimum atomic E-state index is -0.473. The second-order valence-corrected chi connectivity index (χ2v) is 6.42. The van der Waals surface area contributed by atoms with E-state index >= 15 is 0 Å². The van der Waals surface area contributed by atoms with E-state index < -0.39 is 5.92 Å². The van der Waals surface area contributed by atoms with E-state index in [2.05, 4.69) is 6.07 Å². The zero-order chi connectivity index (χ0) is 19.2. The maximum atomic E-state index is 13.0. The number of carbonyl (C=O) groups excluding carboxylic acids is 2. The van der Waals surface area contributed by atoms with E-state index in [0.29, 0.717) is 18.0 Å². The highest BCUT2D eigenvalue weighted by atomic mass is 16.5. The van der Waals surface area contributed by atoms with Crippen molar-refractivity contribution in [1.82, 2.24) is 4.90 Å². The Morgan fingerprint density at radius 1 is 1.22 bits per heavy atom. The molecule has 0 radical (unpaired) electrons. The van der Waals surface area contributed by atoms with E-state index in [4.69, 9.17) is 10.00 Å². The molecule has 1 aliphatic rings. The fourth-order valence-corrected chi connectivity index (χ4v) is 3.32. The van der Waals surface area contributed by atoms with Crippen molar-refractivity contribution < 1.29 is 14.3 Å². The average molecular weight is 363 g/mol. The van der Waals surface area contributed by atoms with Crippen LogP contribution in [0.3, 0.4) is 0 Å². The second-order valence-electron chi connectivity index (χ2n) is 6.42. The normalized spacial score (nSPS) is 16.1. The average Bonchev–Trinajstić information content (AvgIpc) is 3.09. The maximum Gasteiger partial charge on any atom is 0.229 e. The van der Waals surface area contributed by atoms with Crippen LogP contribution in [-0.2, 0) is 16.1 Å². The molecule has 0 saturated carbocycles. The lowest BCUT2D eigenvalue weighted by Crippen LogP contribution is -2.37. The second kappa shape index (κ2) is 8.37. The molecule has 27 heavy (non-hydrogen) atoms. The van der Waals surface area contributed by atoms with Crippen molar-refractivity contribution >= 4 is 17.5 Å². The predicted molar refractivity (Wildman–Crippen MR) is 101 cm³/mol. The summed E-state index contributed by atoms with van der Waals surface area (Å²) >= 11 is 0. The fraction of sp³-hybridized carbons (Fsp3) is 0.286. The summed E-state index contributed by atoms with van der Waals surface area (Å²) in [5.74, 6) is -0.169. The van der Waals surface area contributed by atoms with Gasteiger partial charge in [-0.25, -0.2) is 0 Å². The number of carbonyl (C=O) groups is 2. The molecule has 2 aromatic rings. The maximum absolute atomic E-state index is 13.0. The first kappa shape index (κ1) is 18.5. The van der Waals surface area contributed by atoms with Gasteiger partial charge < -0.3 is 14.5 Å². The lowest BCUT2D eigenvalue weighted by Gasteiger charge is -2.24. The van der Waals surface area contributed by atoms with Crippen LogP contribution in [0.25, 0.3) is 0 Å². The van der Waals surface area contributed by atoms with Crippen LogP contribution in [0.15, 0.2) is 54.6 Å². The largest absolute Gasteiger partial charge is 0.495 e. The first-order valence-corrected chi connectivity index (χ1v) is 8.77. The van der Waals surface area contributed by atoms with Crippen molar-refractivity contribution in [3.8, 4) is 11.8 Å². The molecule has 138 valence electrons. The van der Waals surface area contributed by atoms with Gasteiger partial charge in [-0.1, -0.05) is 42.5 Å². The van der Waals surface area contributed by atoms with Crippen LogP contribution >= 0.6 is 0 Å². The Hall–Kier alpha value is -3.33. The zero-order valence-electron chi connectivity index (χ0n) is 15.2. The van der Waals surface area contributed by atoms with Crippen molar-refractivity contribution in [2.75, 3.05) is 25.1 Å². The molecule has 1 aliphatic heterocycles. The Morgan fingerprint density at radius 3 is 2.63 bits per heavy atom. The predicted octanol–water partition coefficient (Wildman–Crippen LogP) is 2.60.